The zero-order valence-corrected chi connectivity index (χ0v) is 18.4. The van der Waals surface area contributed by atoms with Crippen molar-refractivity contribution in [2.24, 2.45) is 0 Å². The van der Waals surface area contributed by atoms with E-state index in [1.807, 2.05) is 13.0 Å². The summed E-state index contributed by atoms with van der Waals surface area (Å²) < 4.78 is 10.8. The molecule has 1 aliphatic rings. The number of aryl methyl sites for hydroxylation is 2. The van der Waals surface area contributed by atoms with Crippen molar-refractivity contribution < 1.29 is 9.47 Å². The molecule has 0 radical (unpaired) electrons. The lowest BCUT2D eigenvalue weighted by molar-refractivity contribution is 0.217. The van der Waals surface area contributed by atoms with Gasteiger partial charge < -0.3 is 19.3 Å². The van der Waals surface area contributed by atoms with Crippen LogP contribution in [-0.4, -0.2) is 61.8 Å². The molecule has 1 fully saturated rings. The number of nitrogens with zero attached hydrogens (tertiary/aromatic N) is 4. The van der Waals surface area contributed by atoms with Gasteiger partial charge >= 0.3 is 0 Å². The Balaban J connectivity index is 1.61. The van der Waals surface area contributed by atoms with Crippen LogP contribution >= 0.6 is 0 Å². The number of aromatic nitrogens is 2. The monoisotopic (exact) mass is 398 g/mol. The SMILES string of the molecule is CCc1cc(N2CCCC(N(C)CCc3ccc(OC)c(OC)c3)C2)nc(C)n1. The second kappa shape index (κ2) is 9.92. The largest absolute Gasteiger partial charge is 0.493 e. The minimum atomic E-state index is 0.532. The Labute approximate surface area is 174 Å². The summed E-state index contributed by atoms with van der Waals surface area (Å²) in [6.07, 6.45) is 4.35. The highest BCUT2D eigenvalue weighted by Gasteiger charge is 2.24. The molecule has 1 saturated heterocycles. The lowest BCUT2D eigenvalue weighted by Gasteiger charge is -2.38. The van der Waals surface area contributed by atoms with Crippen LogP contribution in [0, 0.1) is 6.92 Å². The molecule has 0 aliphatic carbocycles. The molecular weight excluding hydrogens is 364 g/mol. The fraction of sp³-hybridized carbons (Fsp3) is 0.565. The van der Waals surface area contributed by atoms with Crippen LogP contribution in [0.15, 0.2) is 24.3 Å². The van der Waals surface area contributed by atoms with Crippen molar-refractivity contribution in [2.45, 2.75) is 45.6 Å². The molecular formula is C23H34N4O2. The molecule has 1 aromatic heterocycles. The van der Waals surface area contributed by atoms with Crippen molar-refractivity contribution in [2.75, 3.05) is 45.8 Å². The maximum atomic E-state index is 5.43. The summed E-state index contributed by atoms with van der Waals surface area (Å²) in [4.78, 5) is 14.1. The minimum absolute atomic E-state index is 0.532. The van der Waals surface area contributed by atoms with E-state index in [4.69, 9.17) is 14.5 Å². The molecule has 0 amide bonds. The molecule has 3 rings (SSSR count). The standard InChI is InChI=1S/C23H34N4O2/c1-6-19-15-23(25-17(2)24-19)27-12-7-8-20(16-27)26(3)13-11-18-9-10-21(28-4)22(14-18)29-5/h9-10,14-15,20H,6-8,11-13,16H2,1-5H3. The maximum Gasteiger partial charge on any atom is 0.160 e. The molecule has 1 unspecified atom stereocenters. The Bertz CT molecular complexity index is 811. The average molecular weight is 399 g/mol. The number of likely N-dealkylation sites (N-methyl/N-ethyl adjacent to an activating group) is 1. The van der Waals surface area contributed by atoms with Gasteiger partial charge in [0.25, 0.3) is 0 Å². The van der Waals surface area contributed by atoms with Gasteiger partial charge in [-0.3, -0.25) is 0 Å². The van der Waals surface area contributed by atoms with E-state index >= 15 is 0 Å². The molecule has 29 heavy (non-hydrogen) atoms. The van der Waals surface area contributed by atoms with Crippen LogP contribution in [0.25, 0.3) is 0 Å². The summed E-state index contributed by atoms with van der Waals surface area (Å²) in [6, 6.07) is 8.87. The third-order valence-electron chi connectivity index (χ3n) is 5.78. The minimum Gasteiger partial charge on any atom is -0.493 e. The summed E-state index contributed by atoms with van der Waals surface area (Å²) in [5.41, 5.74) is 2.39. The van der Waals surface area contributed by atoms with E-state index in [9.17, 15) is 0 Å². The summed E-state index contributed by atoms with van der Waals surface area (Å²) in [7, 11) is 5.59. The number of benzene rings is 1. The van der Waals surface area contributed by atoms with Crippen LogP contribution in [0.4, 0.5) is 5.82 Å². The number of methoxy groups -OCH3 is 2. The first-order valence-corrected chi connectivity index (χ1v) is 10.5. The molecule has 1 aliphatic heterocycles. The van der Waals surface area contributed by atoms with Gasteiger partial charge in [-0.25, -0.2) is 9.97 Å². The van der Waals surface area contributed by atoms with Gasteiger partial charge in [-0.1, -0.05) is 13.0 Å². The summed E-state index contributed by atoms with van der Waals surface area (Å²) in [5.74, 6) is 3.51. The summed E-state index contributed by atoms with van der Waals surface area (Å²) in [6.45, 7) is 7.23. The maximum absolute atomic E-state index is 5.43. The molecule has 0 saturated carbocycles. The lowest BCUT2D eigenvalue weighted by Crippen LogP contribution is -2.47. The predicted octanol–water partition coefficient (Wildman–Crippen LogP) is 3.51. The van der Waals surface area contributed by atoms with Crippen molar-refractivity contribution in [3.63, 3.8) is 0 Å². The topological polar surface area (TPSA) is 50.7 Å². The van der Waals surface area contributed by atoms with E-state index in [0.717, 1.165) is 61.3 Å². The quantitative estimate of drug-likeness (QED) is 0.678. The fourth-order valence-electron chi connectivity index (χ4n) is 4.00. The predicted molar refractivity (Wildman–Crippen MR) is 117 cm³/mol. The zero-order chi connectivity index (χ0) is 20.8. The second-order valence-corrected chi connectivity index (χ2v) is 7.78. The first-order chi connectivity index (χ1) is 14.0. The van der Waals surface area contributed by atoms with Gasteiger partial charge in [0.1, 0.15) is 11.6 Å². The van der Waals surface area contributed by atoms with Crippen molar-refractivity contribution >= 4 is 5.82 Å². The molecule has 6 nitrogen and oxygen atoms in total. The van der Waals surface area contributed by atoms with E-state index < -0.39 is 0 Å². The Morgan fingerprint density at radius 3 is 2.66 bits per heavy atom. The third kappa shape index (κ3) is 5.38. The molecule has 158 valence electrons. The van der Waals surface area contributed by atoms with Crippen LogP contribution < -0.4 is 14.4 Å². The van der Waals surface area contributed by atoms with E-state index in [-0.39, 0.29) is 0 Å². The average Bonchev–Trinajstić information content (AvgIpc) is 2.76. The van der Waals surface area contributed by atoms with Gasteiger partial charge in [0.15, 0.2) is 11.5 Å². The highest BCUT2D eigenvalue weighted by atomic mass is 16.5. The highest BCUT2D eigenvalue weighted by molar-refractivity contribution is 5.43. The first-order valence-electron chi connectivity index (χ1n) is 10.5. The van der Waals surface area contributed by atoms with E-state index in [1.165, 1.54) is 18.4 Å². The van der Waals surface area contributed by atoms with Crippen molar-refractivity contribution in [1.82, 2.24) is 14.9 Å². The van der Waals surface area contributed by atoms with Gasteiger partial charge in [0.05, 0.1) is 14.2 Å². The van der Waals surface area contributed by atoms with Crippen LogP contribution in [0.3, 0.4) is 0 Å². The molecule has 2 heterocycles. The molecule has 6 heteroatoms. The first kappa shape index (κ1) is 21.4. The van der Waals surface area contributed by atoms with Crippen molar-refractivity contribution in [1.29, 1.82) is 0 Å². The van der Waals surface area contributed by atoms with E-state index in [2.05, 4.69) is 47.0 Å². The van der Waals surface area contributed by atoms with Crippen LogP contribution in [0.2, 0.25) is 0 Å². The van der Waals surface area contributed by atoms with Crippen LogP contribution in [-0.2, 0) is 12.8 Å². The second-order valence-electron chi connectivity index (χ2n) is 7.78. The van der Waals surface area contributed by atoms with Crippen LogP contribution in [0.5, 0.6) is 11.5 Å². The molecule has 1 atom stereocenters. The Kier molecular flexibility index (Phi) is 7.31. The number of rotatable bonds is 8. The number of hydrogen-bond acceptors (Lipinski definition) is 6. The van der Waals surface area contributed by atoms with Crippen LogP contribution in [0.1, 0.15) is 36.8 Å². The lowest BCUT2D eigenvalue weighted by atomic mass is 10.0. The van der Waals surface area contributed by atoms with E-state index in [0.29, 0.717) is 6.04 Å². The van der Waals surface area contributed by atoms with Gasteiger partial charge in [-0.15, -0.1) is 0 Å². The van der Waals surface area contributed by atoms with E-state index in [1.54, 1.807) is 14.2 Å². The smallest absolute Gasteiger partial charge is 0.160 e. The highest BCUT2D eigenvalue weighted by Crippen LogP contribution is 2.28. The van der Waals surface area contributed by atoms with Crippen molar-refractivity contribution in [3.8, 4) is 11.5 Å². The number of anilines is 1. The zero-order valence-electron chi connectivity index (χ0n) is 18.4. The number of ether oxygens (including phenoxy) is 2. The Morgan fingerprint density at radius 1 is 1.14 bits per heavy atom. The number of piperidine rings is 1. The normalized spacial score (nSPS) is 16.9. The van der Waals surface area contributed by atoms with Crippen molar-refractivity contribution in [3.05, 3.63) is 41.3 Å². The van der Waals surface area contributed by atoms with Gasteiger partial charge in [-0.05, 0) is 57.4 Å². The molecule has 2 aromatic rings. The molecule has 1 aromatic carbocycles. The fourth-order valence-corrected chi connectivity index (χ4v) is 4.00. The third-order valence-corrected chi connectivity index (χ3v) is 5.78. The van der Waals surface area contributed by atoms with Gasteiger partial charge in [0.2, 0.25) is 0 Å². The molecule has 0 N–H and O–H groups in total. The summed E-state index contributed by atoms with van der Waals surface area (Å²) in [5, 5.41) is 0. The Hall–Kier alpha value is -2.34. The summed E-state index contributed by atoms with van der Waals surface area (Å²) >= 11 is 0. The van der Waals surface area contributed by atoms with Gasteiger partial charge in [0, 0.05) is 37.4 Å². The number of hydrogen-bond donors (Lipinski definition) is 0. The van der Waals surface area contributed by atoms with Gasteiger partial charge in [-0.2, -0.15) is 0 Å². The Morgan fingerprint density at radius 2 is 1.93 bits per heavy atom. The molecule has 0 spiro atoms. The molecule has 0 bridgehead atoms.